The zero-order chi connectivity index (χ0) is 15.5. The molecule has 3 nitrogen and oxygen atoms in total. The number of nitrogens with zero attached hydrogens (tertiary/aromatic N) is 1. The first-order valence-corrected chi connectivity index (χ1v) is 8.21. The summed E-state index contributed by atoms with van der Waals surface area (Å²) >= 11 is 7.49. The lowest BCUT2D eigenvalue weighted by Crippen LogP contribution is -2.25. The summed E-state index contributed by atoms with van der Waals surface area (Å²) in [6.07, 6.45) is 0.779. The van der Waals surface area contributed by atoms with E-state index in [-0.39, 0.29) is 5.91 Å². The summed E-state index contributed by atoms with van der Waals surface area (Å²) in [5.41, 5.74) is 2.68. The minimum Gasteiger partial charge on any atom is -0.352 e. The van der Waals surface area contributed by atoms with Crippen molar-refractivity contribution >= 4 is 39.1 Å². The number of aryl methyl sites for hydroxylation is 1. The van der Waals surface area contributed by atoms with Gasteiger partial charge in [-0.25, -0.2) is 4.98 Å². The fourth-order valence-electron chi connectivity index (χ4n) is 2.26. The maximum Gasteiger partial charge on any atom is 0.251 e. The van der Waals surface area contributed by atoms with Crippen molar-refractivity contribution in [3.8, 4) is 0 Å². The van der Waals surface area contributed by atoms with Crippen molar-refractivity contribution in [3.05, 3.63) is 63.6 Å². The molecule has 0 saturated heterocycles. The van der Waals surface area contributed by atoms with Crippen LogP contribution in [0.3, 0.4) is 0 Å². The highest BCUT2D eigenvalue weighted by Crippen LogP contribution is 2.22. The summed E-state index contributed by atoms with van der Waals surface area (Å²) in [4.78, 5) is 16.6. The van der Waals surface area contributed by atoms with Crippen LogP contribution >= 0.6 is 22.9 Å². The van der Waals surface area contributed by atoms with Crippen LogP contribution in [0.1, 0.15) is 20.9 Å². The molecule has 2 aromatic carbocycles. The lowest BCUT2D eigenvalue weighted by atomic mass is 10.1. The van der Waals surface area contributed by atoms with Crippen LogP contribution < -0.4 is 5.32 Å². The smallest absolute Gasteiger partial charge is 0.251 e. The second-order valence-electron chi connectivity index (χ2n) is 5.05. The zero-order valence-corrected chi connectivity index (χ0v) is 13.7. The van der Waals surface area contributed by atoms with Gasteiger partial charge < -0.3 is 5.32 Å². The van der Waals surface area contributed by atoms with E-state index in [1.807, 2.05) is 49.4 Å². The first-order chi connectivity index (χ1) is 10.6. The van der Waals surface area contributed by atoms with E-state index in [1.54, 1.807) is 11.3 Å². The van der Waals surface area contributed by atoms with Gasteiger partial charge in [0.15, 0.2) is 0 Å². The molecule has 0 aliphatic rings. The van der Waals surface area contributed by atoms with Gasteiger partial charge in [0.2, 0.25) is 0 Å². The van der Waals surface area contributed by atoms with E-state index in [1.165, 1.54) is 0 Å². The molecule has 0 spiro atoms. The van der Waals surface area contributed by atoms with Crippen LogP contribution in [0.2, 0.25) is 5.02 Å². The number of hydrogen-bond donors (Lipinski definition) is 1. The Balaban J connectivity index is 1.61. The molecule has 0 saturated carbocycles. The average Bonchev–Trinajstić information content (AvgIpc) is 2.88. The van der Waals surface area contributed by atoms with E-state index in [0.717, 1.165) is 32.2 Å². The molecular formula is C17H15ClN2OS. The molecule has 5 heteroatoms. The third-order valence-corrected chi connectivity index (χ3v) is 4.57. The molecule has 0 aliphatic carbocycles. The highest BCUT2D eigenvalue weighted by molar-refractivity contribution is 7.18. The van der Waals surface area contributed by atoms with E-state index >= 15 is 0 Å². The van der Waals surface area contributed by atoms with Gasteiger partial charge in [-0.15, -0.1) is 11.3 Å². The van der Waals surface area contributed by atoms with E-state index in [9.17, 15) is 4.79 Å². The fraction of sp³-hybridized carbons (Fsp3) is 0.176. The molecule has 3 aromatic rings. The number of thiazole rings is 1. The van der Waals surface area contributed by atoms with Crippen molar-refractivity contribution in [1.29, 1.82) is 0 Å². The number of nitrogens with one attached hydrogen (secondary N) is 1. The van der Waals surface area contributed by atoms with E-state index in [0.29, 0.717) is 12.1 Å². The first-order valence-electron chi connectivity index (χ1n) is 7.02. The number of carbonyl (C=O) groups is 1. The number of aromatic nitrogens is 1. The summed E-state index contributed by atoms with van der Waals surface area (Å²) in [6.45, 7) is 2.56. The Morgan fingerprint density at radius 1 is 1.23 bits per heavy atom. The second kappa shape index (κ2) is 6.46. The molecular weight excluding hydrogens is 316 g/mol. The molecule has 1 heterocycles. The van der Waals surface area contributed by atoms with E-state index in [4.69, 9.17) is 11.6 Å². The van der Waals surface area contributed by atoms with Gasteiger partial charge in [0.25, 0.3) is 5.91 Å². The molecule has 3 rings (SSSR count). The van der Waals surface area contributed by atoms with Gasteiger partial charge in [0.1, 0.15) is 0 Å². The van der Waals surface area contributed by atoms with Gasteiger partial charge in [-0.05, 0) is 49.2 Å². The van der Waals surface area contributed by atoms with Gasteiger partial charge in [-0.3, -0.25) is 4.79 Å². The zero-order valence-electron chi connectivity index (χ0n) is 12.1. The minimum atomic E-state index is -0.0680. The fourth-order valence-corrected chi connectivity index (χ4v) is 3.19. The van der Waals surface area contributed by atoms with Crippen molar-refractivity contribution in [2.75, 3.05) is 6.54 Å². The normalized spacial score (nSPS) is 10.8. The summed E-state index contributed by atoms with van der Waals surface area (Å²) in [6, 6.07) is 13.3. The Kier molecular flexibility index (Phi) is 4.41. The van der Waals surface area contributed by atoms with Crippen LogP contribution in [0.4, 0.5) is 0 Å². The predicted molar refractivity (Wildman–Crippen MR) is 91.8 cm³/mol. The topological polar surface area (TPSA) is 42.0 Å². The van der Waals surface area contributed by atoms with Gasteiger partial charge in [0.05, 0.1) is 15.2 Å². The lowest BCUT2D eigenvalue weighted by Gasteiger charge is -2.05. The third kappa shape index (κ3) is 3.46. The van der Waals surface area contributed by atoms with Crippen molar-refractivity contribution in [1.82, 2.24) is 10.3 Å². The monoisotopic (exact) mass is 330 g/mol. The van der Waals surface area contributed by atoms with Crippen LogP contribution in [0.5, 0.6) is 0 Å². The summed E-state index contributed by atoms with van der Waals surface area (Å²) < 4.78 is 1.11. The van der Waals surface area contributed by atoms with E-state index < -0.39 is 0 Å². The second-order valence-corrected chi connectivity index (χ2v) is 6.72. The highest BCUT2D eigenvalue weighted by atomic mass is 35.5. The molecule has 0 radical (unpaired) electrons. The molecule has 0 bridgehead atoms. The molecule has 0 atom stereocenters. The largest absolute Gasteiger partial charge is 0.352 e. The molecule has 22 heavy (non-hydrogen) atoms. The van der Waals surface area contributed by atoms with Gasteiger partial charge in [-0.2, -0.15) is 0 Å². The maximum absolute atomic E-state index is 12.2. The van der Waals surface area contributed by atoms with Crippen molar-refractivity contribution in [3.63, 3.8) is 0 Å². The van der Waals surface area contributed by atoms with Crippen LogP contribution in [0.15, 0.2) is 42.5 Å². The van der Waals surface area contributed by atoms with Crippen molar-refractivity contribution in [2.24, 2.45) is 0 Å². The summed E-state index contributed by atoms with van der Waals surface area (Å²) in [5, 5.41) is 4.67. The minimum absolute atomic E-state index is 0.0680. The summed E-state index contributed by atoms with van der Waals surface area (Å²) in [5.74, 6) is -0.0680. The van der Waals surface area contributed by atoms with Crippen LogP contribution in [-0.2, 0) is 6.42 Å². The van der Waals surface area contributed by atoms with Crippen molar-refractivity contribution in [2.45, 2.75) is 13.3 Å². The number of carbonyl (C=O) groups excluding carboxylic acids is 1. The molecule has 1 amide bonds. The first kappa shape index (κ1) is 15.0. The Morgan fingerprint density at radius 3 is 2.77 bits per heavy atom. The highest BCUT2D eigenvalue weighted by Gasteiger charge is 2.08. The number of rotatable bonds is 4. The molecule has 1 aromatic heterocycles. The molecule has 0 unspecified atom stereocenters. The Labute approximate surface area is 138 Å². The van der Waals surface area contributed by atoms with Gasteiger partial charge in [-0.1, -0.05) is 23.7 Å². The average molecular weight is 331 g/mol. The van der Waals surface area contributed by atoms with Crippen LogP contribution in [0.25, 0.3) is 10.2 Å². The van der Waals surface area contributed by atoms with Crippen LogP contribution in [-0.4, -0.2) is 17.4 Å². The predicted octanol–water partition coefficient (Wildman–Crippen LogP) is 4.23. The third-order valence-electron chi connectivity index (χ3n) is 3.37. The SMILES string of the molecule is Cc1nc2cc(C(=O)NCCc3ccc(Cl)cc3)ccc2s1. The Morgan fingerprint density at radius 2 is 2.00 bits per heavy atom. The number of benzene rings is 2. The number of amides is 1. The quantitative estimate of drug-likeness (QED) is 0.777. The number of halogens is 1. The van der Waals surface area contributed by atoms with E-state index in [2.05, 4.69) is 10.3 Å². The molecule has 112 valence electrons. The number of hydrogen-bond acceptors (Lipinski definition) is 3. The Bertz CT molecular complexity index is 811. The standard InChI is InChI=1S/C17H15ClN2OS/c1-11-20-15-10-13(4-7-16(15)22-11)17(21)19-9-8-12-2-5-14(18)6-3-12/h2-7,10H,8-9H2,1H3,(H,19,21). The van der Waals surface area contributed by atoms with Gasteiger partial charge >= 0.3 is 0 Å². The number of fused-ring (bicyclic) bond motifs is 1. The molecule has 1 N–H and O–H groups in total. The maximum atomic E-state index is 12.2. The molecule has 0 aliphatic heterocycles. The van der Waals surface area contributed by atoms with Crippen molar-refractivity contribution < 1.29 is 4.79 Å². The van der Waals surface area contributed by atoms with Crippen LogP contribution in [0, 0.1) is 6.92 Å². The Hall–Kier alpha value is -1.91. The van der Waals surface area contributed by atoms with Gasteiger partial charge in [0, 0.05) is 17.1 Å². The summed E-state index contributed by atoms with van der Waals surface area (Å²) in [7, 11) is 0. The lowest BCUT2D eigenvalue weighted by molar-refractivity contribution is 0.0954. The molecule has 0 fully saturated rings.